The van der Waals surface area contributed by atoms with E-state index in [4.69, 9.17) is 27.9 Å². The van der Waals surface area contributed by atoms with Crippen molar-refractivity contribution in [1.82, 2.24) is 5.32 Å². The third-order valence-corrected chi connectivity index (χ3v) is 4.43. The summed E-state index contributed by atoms with van der Waals surface area (Å²) in [5, 5.41) is 3.54. The minimum absolute atomic E-state index is 0.215. The van der Waals surface area contributed by atoms with Gasteiger partial charge < -0.3 is 10.1 Å². The second-order valence-electron chi connectivity index (χ2n) is 5.32. The highest BCUT2D eigenvalue weighted by atomic mass is 35.5. The Morgan fingerprint density at radius 3 is 2.33 bits per heavy atom. The number of hydrogen-bond acceptors (Lipinski definition) is 3. The first-order valence-corrected chi connectivity index (χ1v) is 7.44. The molecule has 5 nitrogen and oxygen atoms in total. The average molecular weight is 329 g/mol. The molecular formula is C14H14Cl2N2O3. The van der Waals surface area contributed by atoms with Gasteiger partial charge in [0.1, 0.15) is 0 Å². The van der Waals surface area contributed by atoms with Gasteiger partial charge in [0.2, 0.25) is 5.91 Å². The molecule has 2 aliphatic rings. The van der Waals surface area contributed by atoms with Crippen molar-refractivity contribution in [2.75, 3.05) is 24.7 Å². The second kappa shape index (κ2) is 5.48. The largest absolute Gasteiger partial charge is 0.381 e. The van der Waals surface area contributed by atoms with Crippen LogP contribution in [0, 0.1) is 5.41 Å². The molecular weight excluding hydrogens is 315 g/mol. The molecule has 0 bridgehead atoms. The number of urea groups is 1. The van der Waals surface area contributed by atoms with Gasteiger partial charge in [-0.1, -0.05) is 23.2 Å². The normalized spacial score (nSPS) is 21.5. The maximum atomic E-state index is 12.9. The van der Waals surface area contributed by atoms with E-state index in [1.807, 2.05) is 0 Å². The van der Waals surface area contributed by atoms with Gasteiger partial charge in [0.05, 0.1) is 11.1 Å². The molecule has 1 spiro atoms. The highest BCUT2D eigenvalue weighted by Crippen LogP contribution is 2.37. The Morgan fingerprint density at radius 1 is 1.10 bits per heavy atom. The fraction of sp³-hybridized carbons (Fsp3) is 0.429. The molecule has 1 N–H and O–H groups in total. The number of nitrogens with zero attached hydrogens (tertiary/aromatic N) is 1. The summed E-state index contributed by atoms with van der Waals surface area (Å²) in [6, 6.07) is 4.23. The van der Waals surface area contributed by atoms with E-state index in [-0.39, 0.29) is 5.91 Å². The van der Waals surface area contributed by atoms with Crippen LogP contribution in [0.2, 0.25) is 10.0 Å². The van der Waals surface area contributed by atoms with Crippen molar-refractivity contribution in [1.29, 1.82) is 0 Å². The Labute approximate surface area is 132 Å². The lowest BCUT2D eigenvalue weighted by Crippen LogP contribution is -2.62. The minimum Gasteiger partial charge on any atom is -0.381 e. The standard InChI is InChI=1S/C14H14Cl2N2O3/c15-9-5-10(16)7-11(6-9)18-12(19)14(8-17-13(18)20)1-3-21-4-2-14/h5-7H,1-4,8H2,(H,17,20). The van der Waals surface area contributed by atoms with Crippen molar-refractivity contribution < 1.29 is 14.3 Å². The Kier molecular flexibility index (Phi) is 3.82. The Hall–Kier alpha value is -1.30. The fourth-order valence-corrected chi connectivity index (χ4v) is 3.30. The molecule has 0 aliphatic carbocycles. The van der Waals surface area contributed by atoms with Crippen molar-refractivity contribution >= 4 is 40.8 Å². The number of benzene rings is 1. The van der Waals surface area contributed by atoms with Gasteiger partial charge >= 0.3 is 6.03 Å². The number of carbonyl (C=O) groups excluding carboxylic acids is 2. The summed E-state index contributed by atoms with van der Waals surface area (Å²) in [4.78, 5) is 26.1. The molecule has 0 aromatic heterocycles. The molecule has 0 saturated carbocycles. The van der Waals surface area contributed by atoms with Gasteiger partial charge in [-0.3, -0.25) is 4.79 Å². The predicted molar refractivity (Wildman–Crippen MR) is 79.8 cm³/mol. The Bertz CT molecular complexity index is 580. The van der Waals surface area contributed by atoms with Crippen molar-refractivity contribution in [3.63, 3.8) is 0 Å². The van der Waals surface area contributed by atoms with Crippen LogP contribution >= 0.6 is 23.2 Å². The number of hydrogen-bond donors (Lipinski definition) is 1. The molecule has 0 radical (unpaired) electrons. The zero-order valence-electron chi connectivity index (χ0n) is 11.2. The number of imide groups is 1. The molecule has 21 heavy (non-hydrogen) atoms. The first kappa shape index (κ1) is 14.6. The van der Waals surface area contributed by atoms with Crippen molar-refractivity contribution in [3.8, 4) is 0 Å². The summed E-state index contributed by atoms with van der Waals surface area (Å²) >= 11 is 11.9. The van der Waals surface area contributed by atoms with Crippen LogP contribution in [-0.4, -0.2) is 31.7 Å². The first-order valence-electron chi connectivity index (χ1n) is 6.68. The van der Waals surface area contributed by atoms with E-state index >= 15 is 0 Å². The van der Waals surface area contributed by atoms with Gasteiger partial charge in [0.15, 0.2) is 0 Å². The van der Waals surface area contributed by atoms with Gasteiger partial charge in [-0.25, -0.2) is 9.69 Å². The van der Waals surface area contributed by atoms with E-state index < -0.39 is 11.4 Å². The number of ether oxygens (including phenoxy) is 1. The molecule has 2 aliphatic heterocycles. The smallest absolute Gasteiger partial charge is 0.328 e. The Balaban J connectivity index is 1.99. The number of carbonyl (C=O) groups is 2. The van der Waals surface area contributed by atoms with E-state index in [9.17, 15) is 9.59 Å². The third-order valence-electron chi connectivity index (χ3n) is 3.99. The number of nitrogens with one attached hydrogen (secondary N) is 1. The number of rotatable bonds is 1. The quantitative estimate of drug-likeness (QED) is 0.862. The summed E-state index contributed by atoms with van der Waals surface area (Å²) in [7, 11) is 0. The summed E-state index contributed by atoms with van der Waals surface area (Å²) in [6.45, 7) is 1.39. The van der Waals surface area contributed by atoms with Crippen molar-refractivity contribution in [3.05, 3.63) is 28.2 Å². The summed E-state index contributed by atoms with van der Waals surface area (Å²) in [5.41, 5.74) is -0.207. The molecule has 2 heterocycles. The highest BCUT2D eigenvalue weighted by molar-refractivity contribution is 6.35. The zero-order valence-corrected chi connectivity index (χ0v) is 12.7. The van der Waals surface area contributed by atoms with E-state index in [2.05, 4.69) is 5.32 Å². The highest BCUT2D eigenvalue weighted by Gasteiger charge is 2.48. The van der Waals surface area contributed by atoms with Crippen LogP contribution in [0.25, 0.3) is 0 Å². The van der Waals surface area contributed by atoms with Crippen LogP contribution < -0.4 is 10.2 Å². The molecule has 2 saturated heterocycles. The van der Waals surface area contributed by atoms with Crippen LogP contribution in [0.5, 0.6) is 0 Å². The average Bonchev–Trinajstić information content (AvgIpc) is 2.44. The summed E-state index contributed by atoms with van der Waals surface area (Å²) in [5.74, 6) is -0.215. The summed E-state index contributed by atoms with van der Waals surface area (Å²) < 4.78 is 5.33. The molecule has 1 aromatic carbocycles. The molecule has 7 heteroatoms. The second-order valence-corrected chi connectivity index (χ2v) is 6.19. The molecule has 2 fully saturated rings. The van der Waals surface area contributed by atoms with E-state index in [1.54, 1.807) is 18.2 Å². The van der Waals surface area contributed by atoms with Gasteiger partial charge in [0.25, 0.3) is 0 Å². The third kappa shape index (κ3) is 2.61. The maximum absolute atomic E-state index is 12.9. The molecule has 0 unspecified atom stereocenters. The Morgan fingerprint density at radius 2 is 1.71 bits per heavy atom. The number of anilines is 1. The first-order chi connectivity index (χ1) is 10.0. The van der Waals surface area contributed by atoms with Crippen molar-refractivity contribution in [2.24, 2.45) is 5.41 Å². The summed E-state index contributed by atoms with van der Waals surface area (Å²) in [6.07, 6.45) is 1.19. The van der Waals surface area contributed by atoms with Crippen LogP contribution in [0.1, 0.15) is 12.8 Å². The lowest BCUT2D eigenvalue weighted by atomic mass is 9.77. The van der Waals surface area contributed by atoms with Crippen LogP contribution in [0.3, 0.4) is 0 Å². The van der Waals surface area contributed by atoms with Gasteiger partial charge in [-0.2, -0.15) is 0 Å². The zero-order chi connectivity index (χ0) is 15.0. The fourth-order valence-electron chi connectivity index (χ4n) is 2.78. The number of halogens is 2. The molecule has 3 rings (SSSR count). The number of amides is 3. The molecule has 0 atom stereocenters. The maximum Gasteiger partial charge on any atom is 0.328 e. The van der Waals surface area contributed by atoms with Crippen molar-refractivity contribution in [2.45, 2.75) is 12.8 Å². The lowest BCUT2D eigenvalue weighted by molar-refractivity contribution is -0.133. The van der Waals surface area contributed by atoms with Gasteiger partial charge in [-0.05, 0) is 31.0 Å². The van der Waals surface area contributed by atoms with Crippen LogP contribution in [0.4, 0.5) is 10.5 Å². The minimum atomic E-state index is -0.596. The van der Waals surface area contributed by atoms with Crippen LogP contribution in [0.15, 0.2) is 18.2 Å². The molecule has 3 amide bonds. The van der Waals surface area contributed by atoms with E-state index in [0.717, 1.165) is 4.90 Å². The molecule has 112 valence electrons. The van der Waals surface area contributed by atoms with E-state index in [0.29, 0.717) is 48.3 Å². The monoisotopic (exact) mass is 328 g/mol. The van der Waals surface area contributed by atoms with Gasteiger partial charge in [-0.15, -0.1) is 0 Å². The SMILES string of the molecule is O=C1NCC2(CCOCC2)C(=O)N1c1cc(Cl)cc(Cl)c1. The van der Waals surface area contributed by atoms with E-state index in [1.165, 1.54) is 0 Å². The predicted octanol–water partition coefficient (Wildman–Crippen LogP) is 2.85. The topological polar surface area (TPSA) is 58.6 Å². The lowest BCUT2D eigenvalue weighted by Gasteiger charge is -2.42. The van der Waals surface area contributed by atoms with Gasteiger partial charge in [0, 0.05) is 29.8 Å². The molecule has 1 aromatic rings. The van der Waals surface area contributed by atoms with Crippen LogP contribution in [-0.2, 0) is 9.53 Å².